The lowest BCUT2D eigenvalue weighted by Gasteiger charge is -2.61. The Morgan fingerprint density at radius 2 is 2.00 bits per heavy atom. The number of fused-ring (bicyclic) bond motifs is 1. The average Bonchev–Trinajstić information content (AvgIpc) is 2.73. The van der Waals surface area contributed by atoms with Crippen LogP contribution in [0.1, 0.15) is 46.5 Å². The summed E-state index contributed by atoms with van der Waals surface area (Å²) >= 11 is 0. The number of nitrogens with one attached hydrogen (secondary N) is 1. The van der Waals surface area contributed by atoms with Gasteiger partial charge in [-0.25, -0.2) is 0 Å². The summed E-state index contributed by atoms with van der Waals surface area (Å²) in [5.41, 5.74) is 5.46. The molecule has 3 atom stereocenters. The van der Waals surface area contributed by atoms with Crippen LogP contribution in [-0.4, -0.2) is 29.7 Å². The van der Waals surface area contributed by atoms with Gasteiger partial charge in [-0.3, -0.25) is 4.79 Å². The van der Waals surface area contributed by atoms with E-state index in [4.69, 9.17) is 10.5 Å². The molecule has 3 rings (SSSR count). The predicted octanol–water partition coefficient (Wildman–Crippen LogP) is 1.19. The molecular formula is C14H24N2O2. The summed E-state index contributed by atoms with van der Waals surface area (Å²) in [4.78, 5) is 12.6. The van der Waals surface area contributed by atoms with E-state index in [1.54, 1.807) is 0 Å². The number of amides is 1. The summed E-state index contributed by atoms with van der Waals surface area (Å²) < 4.78 is 5.72. The molecule has 1 saturated heterocycles. The lowest BCUT2D eigenvalue weighted by Crippen LogP contribution is -2.81. The Morgan fingerprint density at radius 3 is 2.56 bits per heavy atom. The van der Waals surface area contributed by atoms with Gasteiger partial charge in [0, 0.05) is 23.5 Å². The predicted molar refractivity (Wildman–Crippen MR) is 68.9 cm³/mol. The van der Waals surface area contributed by atoms with Gasteiger partial charge >= 0.3 is 0 Å². The van der Waals surface area contributed by atoms with E-state index < -0.39 is 5.54 Å². The van der Waals surface area contributed by atoms with Gasteiger partial charge in [-0.1, -0.05) is 13.8 Å². The lowest BCUT2D eigenvalue weighted by atomic mass is 9.47. The molecule has 3 aliphatic rings. The third kappa shape index (κ3) is 1.31. The summed E-state index contributed by atoms with van der Waals surface area (Å²) in [5, 5.41) is 3.18. The quantitative estimate of drug-likeness (QED) is 0.776. The number of nitrogens with two attached hydrogens (primary N) is 1. The second kappa shape index (κ2) is 3.48. The summed E-state index contributed by atoms with van der Waals surface area (Å²) in [6.07, 6.45) is 4.41. The molecule has 102 valence electrons. The van der Waals surface area contributed by atoms with Crippen LogP contribution in [0.3, 0.4) is 0 Å². The van der Waals surface area contributed by atoms with Crippen molar-refractivity contribution in [2.24, 2.45) is 17.1 Å². The molecule has 0 aromatic rings. The maximum atomic E-state index is 12.6. The van der Waals surface area contributed by atoms with Gasteiger partial charge in [0.15, 0.2) is 0 Å². The lowest BCUT2D eigenvalue weighted by molar-refractivity contribution is -0.177. The first kappa shape index (κ1) is 12.4. The molecule has 2 saturated carbocycles. The molecule has 4 heteroatoms. The molecule has 0 aromatic carbocycles. The Balaban J connectivity index is 1.79. The monoisotopic (exact) mass is 252 g/mol. The molecule has 4 nitrogen and oxygen atoms in total. The number of carbonyl (C=O) groups is 1. The third-order valence-electron chi connectivity index (χ3n) is 5.70. The number of hydrogen-bond acceptors (Lipinski definition) is 3. The van der Waals surface area contributed by atoms with Crippen LogP contribution in [0.2, 0.25) is 0 Å². The molecular weight excluding hydrogens is 228 g/mol. The molecule has 2 aliphatic carbocycles. The first-order valence-electron chi connectivity index (χ1n) is 7.04. The first-order chi connectivity index (χ1) is 8.31. The van der Waals surface area contributed by atoms with E-state index in [1.165, 1.54) is 6.42 Å². The van der Waals surface area contributed by atoms with Gasteiger partial charge in [-0.2, -0.15) is 0 Å². The Labute approximate surface area is 109 Å². The topological polar surface area (TPSA) is 64.4 Å². The smallest absolute Gasteiger partial charge is 0.241 e. The van der Waals surface area contributed by atoms with Crippen LogP contribution in [0.4, 0.5) is 0 Å². The van der Waals surface area contributed by atoms with Crippen molar-refractivity contribution in [2.45, 2.75) is 63.6 Å². The normalized spacial score (nSPS) is 43.6. The van der Waals surface area contributed by atoms with Crippen LogP contribution >= 0.6 is 0 Å². The van der Waals surface area contributed by atoms with Crippen molar-refractivity contribution in [3.8, 4) is 0 Å². The SMILES string of the molecule is CC1(NC(=O)C2(N)C3CCOC3C2(C)C)CCC1. The van der Waals surface area contributed by atoms with Crippen LogP contribution in [0.25, 0.3) is 0 Å². The number of carbonyl (C=O) groups excluding carboxylic acids is 1. The van der Waals surface area contributed by atoms with Crippen molar-refractivity contribution in [3.05, 3.63) is 0 Å². The number of rotatable bonds is 2. The molecule has 1 amide bonds. The van der Waals surface area contributed by atoms with Crippen molar-refractivity contribution in [1.82, 2.24) is 5.32 Å². The average molecular weight is 252 g/mol. The van der Waals surface area contributed by atoms with Crippen molar-refractivity contribution in [3.63, 3.8) is 0 Å². The minimum absolute atomic E-state index is 0.0237. The van der Waals surface area contributed by atoms with Crippen LogP contribution in [0.5, 0.6) is 0 Å². The molecule has 0 radical (unpaired) electrons. The highest BCUT2D eigenvalue weighted by atomic mass is 16.5. The minimum atomic E-state index is -0.757. The third-order valence-corrected chi connectivity index (χ3v) is 5.70. The molecule has 18 heavy (non-hydrogen) atoms. The van der Waals surface area contributed by atoms with Crippen LogP contribution < -0.4 is 11.1 Å². The fraction of sp³-hybridized carbons (Fsp3) is 0.929. The van der Waals surface area contributed by atoms with Crippen molar-refractivity contribution in [2.75, 3.05) is 6.61 Å². The van der Waals surface area contributed by atoms with Gasteiger partial charge in [0.2, 0.25) is 5.91 Å². The van der Waals surface area contributed by atoms with Crippen molar-refractivity contribution in [1.29, 1.82) is 0 Å². The highest BCUT2D eigenvalue weighted by Crippen LogP contribution is 2.58. The Bertz CT molecular complexity index is 389. The van der Waals surface area contributed by atoms with Crippen molar-refractivity contribution < 1.29 is 9.53 Å². The van der Waals surface area contributed by atoms with Gasteiger partial charge in [0.05, 0.1) is 6.10 Å². The van der Waals surface area contributed by atoms with E-state index in [2.05, 4.69) is 26.1 Å². The second-order valence-corrected chi connectivity index (χ2v) is 7.15. The van der Waals surface area contributed by atoms with E-state index in [0.717, 1.165) is 25.9 Å². The van der Waals surface area contributed by atoms with E-state index >= 15 is 0 Å². The molecule has 1 aliphatic heterocycles. The van der Waals surface area contributed by atoms with Crippen LogP contribution in [0, 0.1) is 11.3 Å². The first-order valence-corrected chi connectivity index (χ1v) is 7.04. The Morgan fingerprint density at radius 1 is 1.33 bits per heavy atom. The molecule has 3 unspecified atom stereocenters. The largest absolute Gasteiger partial charge is 0.377 e. The van der Waals surface area contributed by atoms with E-state index in [9.17, 15) is 4.79 Å². The van der Waals surface area contributed by atoms with Gasteiger partial charge in [-0.15, -0.1) is 0 Å². The maximum Gasteiger partial charge on any atom is 0.241 e. The standard InChI is InChI=1S/C14H24N2O2/c1-12(2)10-9(5-8-18-10)14(12,15)11(17)16-13(3)6-4-7-13/h9-10H,4-8,15H2,1-3H3,(H,16,17). The number of hydrogen-bond donors (Lipinski definition) is 2. The number of ether oxygens (including phenoxy) is 1. The molecule has 1 heterocycles. The fourth-order valence-corrected chi connectivity index (χ4v) is 4.05. The van der Waals surface area contributed by atoms with Gasteiger partial charge in [-0.05, 0) is 32.6 Å². The highest BCUT2D eigenvalue weighted by Gasteiger charge is 2.71. The zero-order valence-corrected chi connectivity index (χ0v) is 11.6. The molecule has 0 spiro atoms. The van der Waals surface area contributed by atoms with Crippen LogP contribution in [-0.2, 0) is 9.53 Å². The molecule has 0 aromatic heterocycles. The second-order valence-electron chi connectivity index (χ2n) is 7.15. The van der Waals surface area contributed by atoms with E-state index in [0.29, 0.717) is 0 Å². The summed E-state index contributed by atoms with van der Waals surface area (Å²) in [7, 11) is 0. The molecule has 3 N–H and O–H groups in total. The Kier molecular flexibility index (Phi) is 2.40. The summed E-state index contributed by atoms with van der Waals surface area (Å²) in [5.74, 6) is 0.220. The summed E-state index contributed by atoms with van der Waals surface area (Å²) in [6, 6.07) is 0. The maximum absolute atomic E-state index is 12.6. The zero-order chi connectivity index (χ0) is 13.2. The van der Waals surface area contributed by atoms with Gasteiger partial charge < -0.3 is 15.8 Å². The molecule has 3 fully saturated rings. The van der Waals surface area contributed by atoms with Crippen molar-refractivity contribution >= 4 is 5.91 Å². The Hall–Kier alpha value is -0.610. The van der Waals surface area contributed by atoms with Crippen LogP contribution in [0.15, 0.2) is 0 Å². The van der Waals surface area contributed by atoms with E-state index in [-0.39, 0.29) is 28.9 Å². The van der Waals surface area contributed by atoms with Gasteiger partial charge in [0.25, 0.3) is 0 Å². The molecule has 0 bridgehead atoms. The van der Waals surface area contributed by atoms with Gasteiger partial charge in [0.1, 0.15) is 5.54 Å². The zero-order valence-electron chi connectivity index (χ0n) is 11.6. The highest BCUT2D eigenvalue weighted by molar-refractivity contribution is 5.90. The van der Waals surface area contributed by atoms with E-state index in [1.807, 2.05) is 0 Å². The summed E-state index contributed by atoms with van der Waals surface area (Å²) in [6.45, 7) is 6.97. The minimum Gasteiger partial charge on any atom is -0.377 e. The fourth-order valence-electron chi connectivity index (χ4n) is 4.05.